The fraction of sp³-hybridized carbons (Fsp3) is 0.263. The smallest absolute Gasteiger partial charge is 0.306 e. The summed E-state index contributed by atoms with van der Waals surface area (Å²) in [6.07, 6.45) is 1.61. The van der Waals surface area contributed by atoms with Gasteiger partial charge in [0.1, 0.15) is 0 Å². The number of aryl methyl sites for hydroxylation is 3. The number of nitrogens with zero attached hydrogens (tertiary/aromatic N) is 1. The molecule has 0 bridgehead atoms. The number of urea groups is 1. The van der Waals surface area contributed by atoms with Crippen LogP contribution in [0.15, 0.2) is 47.6 Å². The molecule has 0 aromatic heterocycles. The van der Waals surface area contributed by atoms with E-state index in [4.69, 9.17) is 0 Å². The maximum Gasteiger partial charge on any atom is 0.339 e. The topological polar surface area (TPSA) is 53.5 Å². The summed E-state index contributed by atoms with van der Waals surface area (Å²) < 4.78 is 0. The number of hydrogen-bond acceptors (Lipinski definition) is 2. The quantitative estimate of drug-likeness (QED) is 0.587. The number of carbonyl (C=O) groups excluding carboxylic acids is 1. The summed E-state index contributed by atoms with van der Waals surface area (Å²) in [5.74, 6) is 0. The molecule has 4 heteroatoms. The van der Waals surface area contributed by atoms with Gasteiger partial charge in [0.2, 0.25) is 0 Å². The van der Waals surface area contributed by atoms with Crippen molar-refractivity contribution in [3.8, 4) is 0 Å². The largest absolute Gasteiger partial charge is 0.339 e. The van der Waals surface area contributed by atoms with Crippen LogP contribution in [0.5, 0.6) is 0 Å². The van der Waals surface area contributed by atoms with E-state index in [1.807, 2.05) is 77.1 Å². The first-order valence-corrected chi connectivity index (χ1v) is 7.79. The van der Waals surface area contributed by atoms with Crippen molar-refractivity contribution in [2.45, 2.75) is 34.6 Å². The molecule has 0 aliphatic carbocycles. The van der Waals surface area contributed by atoms with Crippen molar-refractivity contribution in [2.24, 2.45) is 5.10 Å². The summed E-state index contributed by atoms with van der Waals surface area (Å²) >= 11 is 0. The number of anilines is 1. The minimum Gasteiger partial charge on any atom is -0.306 e. The van der Waals surface area contributed by atoms with Gasteiger partial charge in [-0.15, -0.1) is 0 Å². The molecule has 2 N–H and O–H groups in total. The van der Waals surface area contributed by atoms with Gasteiger partial charge < -0.3 is 5.32 Å². The second-order valence-electron chi connectivity index (χ2n) is 5.00. The zero-order valence-electron chi connectivity index (χ0n) is 14.5. The molecule has 0 aliphatic rings. The number of amides is 2. The van der Waals surface area contributed by atoms with Gasteiger partial charge in [0.05, 0.1) is 6.21 Å². The summed E-state index contributed by atoms with van der Waals surface area (Å²) in [5.41, 5.74) is 7.46. The Balaban J connectivity index is 0. The van der Waals surface area contributed by atoms with Crippen LogP contribution >= 0.6 is 0 Å². The van der Waals surface area contributed by atoms with Crippen LogP contribution in [0.25, 0.3) is 0 Å². The van der Waals surface area contributed by atoms with Gasteiger partial charge in [0.25, 0.3) is 0 Å². The highest BCUT2D eigenvalue weighted by Crippen LogP contribution is 2.18. The van der Waals surface area contributed by atoms with E-state index >= 15 is 0 Å². The van der Waals surface area contributed by atoms with Crippen LogP contribution in [0.2, 0.25) is 0 Å². The molecule has 0 atom stereocenters. The molecule has 0 fully saturated rings. The molecule has 0 saturated carbocycles. The fourth-order valence-corrected chi connectivity index (χ4v) is 1.97. The SMILES string of the molecule is CC.Cc1ccc(/C=N/NC(=O)Nc2c(C)cccc2C)cc1.[HH].[HH]. The van der Waals surface area contributed by atoms with Gasteiger partial charge >= 0.3 is 6.03 Å². The van der Waals surface area contributed by atoms with Crippen LogP contribution < -0.4 is 10.7 Å². The monoisotopic (exact) mass is 315 g/mol. The molecular weight excluding hydrogens is 286 g/mol. The van der Waals surface area contributed by atoms with Crippen LogP contribution in [-0.4, -0.2) is 12.2 Å². The molecular formula is C19H29N3O. The minimum atomic E-state index is -0.351. The number of carbonyl (C=O) groups is 1. The molecule has 0 radical (unpaired) electrons. The van der Waals surface area contributed by atoms with E-state index in [1.54, 1.807) is 6.21 Å². The van der Waals surface area contributed by atoms with Crippen molar-refractivity contribution >= 4 is 17.9 Å². The van der Waals surface area contributed by atoms with Crippen molar-refractivity contribution in [1.29, 1.82) is 0 Å². The lowest BCUT2D eigenvalue weighted by atomic mass is 10.1. The van der Waals surface area contributed by atoms with E-state index in [1.165, 1.54) is 5.56 Å². The Hall–Kier alpha value is -2.62. The third kappa shape index (κ3) is 5.94. The maximum atomic E-state index is 11.8. The van der Waals surface area contributed by atoms with E-state index in [2.05, 4.69) is 15.8 Å². The molecule has 0 aliphatic heterocycles. The van der Waals surface area contributed by atoms with E-state index in [0.29, 0.717) is 0 Å². The van der Waals surface area contributed by atoms with Crippen LogP contribution in [-0.2, 0) is 0 Å². The number of hydrazone groups is 1. The molecule has 0 spiro atoms. The van der Waals surface area contributed by atoms with E-state index in [-0.39, 0.29) is 8.88 Å². The lowest BCUT2D eigenvalue weighted by molar-refractivity contribution is 0.252. The lowest BCUT2D eigenvalue weighted by Gasteiger charge is -2.10. The first kappa shape index (κ1) is 18.4. The van der Waals surface area contributed by atoms with Crippen molar-refractivity contribution in [1.82, 2.24) is 5.43 Å². The first-order valence-electron chi connectivity index (χ1n) is 7.79. The normalized spacial score (nSPS) is 9.96. The molecule has 2 amide bonds. The van der Waals surface area contributed by atoms with E-state index in [0.717, 1.165) is 22.4 Å². The third-order valence-electron chi connectivity index (χ3n) is 3.18. The Morgan fingerprint density at radius 3 is 2.13 bits per heavy atom. The Kier molecular flexibility index (Phi) is 7.54. The molecule has 2 aromatic carbocycles. The molecule has 2 rings (SSSR count). The summed E-state index contributed by atoms with van der Waals surface area (Å²) in [7, 11) is 0. The van der Waals surface area contributed by atoms with Crippen LogP contribution in [0, 0.1) is 20.8 Å². The van der Waals surface area contributed by atoms with Crippen molar-refractivity contribution in [2.75, 3.05) is 5.32 Å². The summed E-state index contributed by atoms with van der Waals surface area (Å²) in [6, 6.07) is 13.4. The predicted octanol–water partition coefficient (Wildman–Crippen LogP) is 5.29. The van der Waals surface area contributed by atoms with Gasteiger partial charge in [-0.2, -0.15) is 5.10 Å². The Morgan fingerprint density at radius 1 is 1.00 bits per heavy atom. The van der Waals surface area contributed by atoms with Gasteiger partial charge in [-0.05, 0) is 37.5 Å². The average molecular weight is 315 g/mol. The van der Waals surface area contributed by atoms with Crippen LogP contribution in [0.4, 0.5) is 10.5 Å². The lowest BCUT2D eigenvalue weighted by Crippen LogP contribution is -2.25. The van der Waals surface area contributed by atoms with Crippen LogP contribution in [0.3, 0.4) is 0 Å². The Morgan fingerprint density at radius 2 is 1.57 bits per heavy atom. The van der Waals surface area contributed by atoms with Crippen molar-refractivity contribution < 1.29 is 7.65 Å². The Labute approximate surface area is 141 Å². The van der Waals surface area contributed by atoms with Crippen LogP contribution in [0.1, 0.15) is 39.0 Å². The standard InChI is InChI=1S/C17H19N3O.C2H6.2H2/c1-12-7-9-15(10-8-12)11-18-20-17(21)19-16-13(2)5-4-6-14(16)3;1-2;;/h4-11H,1-3H3,(H2,19,20,21);1-2H3;2*1H/b18-11+;;;. The highest BCUT2D eigenvalue weighted by Gasteiger charge is 2.05. The van der Waals surface area contributed by atoms with Crippen molar-refractivity contribution in [3.05, 3.63) is 64.7 Å². The number of nitrogens with one attached hydrogen (secondary N) is 2. The maximum absolute atomic E-state index is 11.8. The molecule has 126 valence electrons. The number of benzene rings is 2. The second-order valence-corrected chi connectivity index (χ2v) is 5.00. The second kappa shape index (κ2) is 9.41. The number of hydrogen-bond donors (Lipinski definition) is 2. The number of para-hydroxylation sites is 1. The van der Waals surface area contributed by atoms with E-state index in [9.17, 15) is 4.79 Å². The molecule has 2 aromatic rings. The van der Waals surface area contributed by atoms with Gasteiger partial charge in [0, 0.05) is 8.54 Å². The van der Waals surface area contributed by atoms with Gasteiger partial charge in [-0.25, -0.2) is 10.2 Å². The molecule has 4 nitrogen and oxygen atoms in total. The fourth-order valence-electron chi connectivity index (χ4n) is 1.97. The zero-order valence-corrected chi connectivity index (χ0v) is 14.5. The third-order valence-corrected chi connectivity index (χ3v) is 3.18. The predicted molar refractivity (Wildman–Crippen MR) is 102 cm³/mol. The summed E-state index contributed by atoms with van der Waals surface area (Å²) in [5, 5.41) is 6.75. The highest BCUT2D eigenvalue weighted by atomic mass is 16.2. The average Bonchev–Trinajstić information content (AvgIpc) is 2.55. The zero-order chi connectivity index (χ0) is 17.2. The summed E-state index contributed by atoms with van der Waals surface area (Å²) in [6.45, 7) is 9.94. The number of rotatable bonds is 3. The van der Waals surface area contributed by atoms with Gasteiger partial charge in [-0.3, -0.25) is 0 Å². The minimum absolute atomic E-state index is 0. The molecule has 0 unspecified atom stereocenters. The first-order chi connectivity index (χ1) is 11.1. The van der Waals surface area contributed by atoms with Gasteiger partial charge in [-0.1, -0.05) is 61.9 Å². The van der Waals surface area contributed by atoms with Crippen molar-refractivity contribution in [3.63, 3.8) is 0 Å². The van der Waals surface area contributed by atoms with Gasteiger partial charge in [0.15, 0.2) is 0 Å². The molecule has 0 saturated heterocycles. The Bertz CT molecular complexity index is 651. The summed E-state index contributed by atoms with van der Waals surface area (Å²) in [4.78, 5) is 11.8. The molecule has 0 heterocycles. The highest BCUT2D eigenvalue weighted by molar-refractivity contribution is 5.91. The molecule has 23 heavy (non-hydrogen) atoms. The van der Waals surface area contributed by atoms with E-state index < -0.39 is 0 Å².